The Morgan fingerprint density at radius 1 is 1.00 bits per heavy atom. The minimum atomic E-state index is -0.210. The van der Waals surface area contributed by atoms with Crippen molar-refractivity contribution >= 4 is 22.6 Å². The van der Waals surface area contributed by atoms with Crippen molar-refractivity contribution in [2.45, 2.75) is 33.7 Å². The standard InChI is InChI=1S/C22H25N3O4/c1-13-8-19-20(9-14(13)2)25(22(27)15(3)23-19)7-6-21(26)24-16-10-17(28-4)12-18(11-16)29-5/h8-12H,6-7H2,1-5H3,(H,24,26). The molecule has 0 radical (unpaired) electrons. The van der Waals surface area contributed by atoms with E-state index in [1.165, 1.54) is 0 Å². The van der Waals surface area contributed by atoms with Gasteiger partial charge in [-0.05, 0) is 44.0 Å². The van der Waals surface area contributed by atoms with Gasteiger partial charge in [0, 0.05) is 36.9 Å². The van der Waals surface area contributed by atoms with Crippen LogP contribution in [0.25, 0.3) is 11.0 Å². The zero-order chi connectivity index (χ0) is 21.1. The zero-order valence-corrected chi connectivity index (χ0v) is 17.3. The second-order valence-corrected chi connectivity index (χ2v) is 6.98. The summed E-state index contributed by atoms with van der Waals surface area (Å²) in [5.74, 6) is 0.952. The normalized spacial score (nSPS) is 10.8. The monoisotopic (exact) mass is 395 g/mol. The maximum Gasteiger partial charge on any atom is 0.272 e. The van der Waals surface area contributed by atoms with Crippen molar-refractivity contribution in [3.63, 3.8) is 0 Å². The van der Waals surface area contributed by atoms with E-state index in [1.807, 2.05) is 26.0 Å². The van der Waals surface area contributed by atoms with Crippen LogP contribution in [0, 0.1) is 20.8 Å². The van der Waals surface area contributed by atoms with Gasteiger partial charge in [0.05, 0.1) is 25.3 Å². The third kappa shape index (κ3) is 4.39. The molecule has 1 aromatic heterocycles. The summed E-state index contributed by atoms with van der Waals surface area (Å²) in [4.78, 5) is 29.6. The molecule has 0 saturated heterocycles. The molecule has 1 N–H and O–H groups in total. The van der Waals surface area contributed by atoms with E-state index in [1.54, 1.807) is 43.9 Å². The molecular formula is C22H25N3O4. The first-order valence-corrected chi connectivity index (χ1v) is 9.33. The number of nitrogens with zero attached hydrogens (tertiary/aromatic N) is 2. The summed E-state index contributed by atoms with van der Waals surface area (Å²) in [6, 6.07) is 9.07. The van der Waals surface area contributed by atoms with Gasteiger partial charge in [0.25, 0.3) is 5.56 Å². The fourth-order valence-corrected chi connectivity index (χ4v) is 3.16. The van der Waals surface area contributed by atoms with E-state index in [0.29, 0.717) is 22.9 Å². The summed E-state index contributed by atoms with van der Waals surface area (Å²) in [5.41, 5.74) is 4.47. The van der Waals surface area contributed by atoms with Crippen LogP contribution in [0.15, 0.2) is 35.1 Å². The lowest BCUT2D eigenvalue weighted by Crippen LogP contribution is -2.26. The summed E-state index contributed by atoms with van der Waals surface area (Å²) >= 11 is 0. The Hall–Kier alpha value is -3.35. The second-order valence-electron chi connectivity index (χ2n) is 6.98. The number of hydrogen-bond donors (Lipinski definition) is 1. The van der Waals surface area contributed by atoms with Crippen LogP contribution >= 0.6 is 0 Å². The van der Waals surface area contributed by atoms with Crippen molar-refractivity contribution in [3.8, 4) is 11.5 Å². The second kappa shape index (κ2) is 8.34. The Bertz CT molecular complexity index is 1110. The molecule has 0 atom stereocenters. The van der Waals surface area contributed by atoms with Gasteiger partial charge in [0.2, 0.25) is 5.91 Å². The maximum atomic E-state index is 12.7. The summed E-state index contributed by atoms with van der Waals surface area (Å²) in [6.45, 7) is 5.95. The van der Waals surface area contributed by atoms with Crippen LogP contribution in [0.5, 0.6) is 11.5 Å². The van der Waals surface area contributed by atoms with Gasteiger partial charge in [-0.15, -0.1) is 0 Å². The largest absolute Gasteiger partial charge is 0.497 e. The average molecular weight is 395 g/mol. The Morgan fingerprint density at radius 2 is 1.62 bits per heavy atom. The molecule has 1 heterocycles. The fourth-order valence-electron chi connectivity index (χ4n) is 3.16. The van der Waals surface area contributed by atoms with Crippen molar-refractivity contribution in [3.05, 3.63) is 57.5 Å². The van der Waals surface area contributed by atoms with Crippen LogP contribution in [-0.4, -0.2) is 29.7 Å². The van der Waals surface area contributed by atoms with Crippen LogP contribution in [0.1, 0.15) is 23.2 Å². The average Bonchev–Trinajstić information content (AvgIpc) is 2.69. The van der Waals surface area contributed by atoms with Crippen LogP contribution in [0.4, 0.5) is 5.69 Å². The highest BCUT2D eigenvalue weighted by Gasteiger charge is 2.12. The number of ether oxygens (including phenoxy) is 2. The molecule has 0 saturated carbocycles. The number of hydrogen-bond acceptors (Lipinski definition) is 5. The third-order valence-electron chi connectivity index (χ3n) is 4.92. The Labute approximate surface area is 169 Å². The van der Waals surface area contributed by atoms with E-state index < -0.39 is 0 Å². The lowest BCUT2D eigenvalue weighted by Gasteiger charge is -2.13. The summed E-state index contributed by atoms with van der Waals surface area (Å²) in [6.07, 6.45) is 0.144. The van der Waals surface area contributed by atoms with Crippen molar-refractivity contribution in [2.75, 3.05) is 19.5 Å². The van der Waals surface area contributed by atoms with Gasteiger partial charge in [-0.2, -0.15) is 0 Å². The highest BCUT2D eigenvalue weighted by atomic mass is 16.5. The fraction of sp³-hybridized carbons (Fsp3) is 0.318. The van der Waals surface area contributed by atoms with Crippen molar-refractivity contribution < 1.29 is 14.3 Å². The molecule has 7 heteroatoms. The number of amides is 1. The van der Waals surface area contributed by atoms with Gasteiger partial charge < -0.3 is 19.4 Å². The molecule has 0 unspecified atom stereocenters. The number of carbonyl (C=O) groups is 1. The first kappa shape index (κ1) is 20.4. The number of nitrogens with one attached hydrogen (secondary N) is 1. The van der Waals surface area contributed by atoms with Crippen LogP contribution in [-0.2, 0) is 11.3 Å². The number of carbonyl (C=O) groups excluding carboxylic acids is 1. The molecule has 3 rings (SSSR count). The van der Waals surface area contributed by atoms with Gasteiger partial charge in [-0.3, -0.25) is 9.59 Å². The first-order valence-electron chi connectivity index (χ1n) is 9.33. The van der Waals surface area contributed by atoms with E-state index in [2.05, 4.69) is 10.3 Å². The predicted octanol–water partition coefficient (Wildman–Crippen LogP) is 3.37. The van der Waals surface area contributed by atoms with Crippen LogP contribution in [0.3, 0.4) is 0 Å². The molecule has 0 aliphatic carbocycles. The highest BCUT2D eigenvalue weighted by Crippen LogP contribution is 2.26. The SMILES string of the molecule is COc1cc(NC(=O)CCn2c(=O)c(C)nc3cc(C)c(C)cc32)cc(OC)c1. The topological polar surface area (TPSA) is 82.5 Å². The third-order valence-corrected chi connectivity index (χ3v) is 4.92. The van der Waals surface area contributed by atoms with E-state index in [0.717, 1.165) is 22.2 Å². The quantitative estimate of drug-likeness (QED) is 0.692. The number of aryl methyl sites for hydroxylation is 4. The molecule has 0 aliphatic heterocycles. The Balaban J connectivity index is 1.84. The van der Waals surface area contributed by atoms with Gasteiger partial charge in [0.15, 0.2) is 0 Å². The van der Waals surface area contributed by atoms with Gasteiger partial charge in [-0.25, -0.2) is 4.98 Å². The number of anilines is 1. The molecule has 3 aromatic rings. The first-order chi connectivity index (χ1) is 13.8. The molecular weight excluding hydrogens is 370 g/mol. The molecule has 152 valence electrons. The molecule has 0 spiro atoms. The number of methoxy groups -OCH3 is 2. The molecule has 7 nitrogen and oxygen atoms in total. The van der Waals surface area contributed by atoms with Crippen LogP contribution in [0.2, 0.25) is 0 Å². The van der Waals surface area contributed by atoms with Crippen LogP contribution < -0.4 is 20.3 Å². The Kier molecular flexibility index (Phi) is 5.87. The molecule has 0 bridgehead atoms. The van der Waals surface area contributed by atoms with Gasteiger partial charge in [0.1, 0.15) is 17.2 Å². The molecule has 0 fully saturated rings. The lowest BCUT2D eigenvalue weighted by atomic mass is 10.1. The van der Waals surface area contributed by atoms with Crippen molar-refractivity contribution in [1.29, 1.82) is 0 Å². The molecule has 1 amide bonds. The highest BCUT2D eigenvalue weighted by molar-refractivity contribution is 5.91. The van der Waals surface area contributed by atoms with Gasteiger partial charge >= 0.3 is 0 Å². The van der Waals surface area contributed by atoms with E-state index in [4.69, 9.17) is 9.47 Å². The summed E-state index contributed by atoms with van der Waals surface area (Å²) in [7, 11) is 3.10. The van der Waals surface area contributed by atoms with E-state index in [-0.39, 0.29) is 24.4 Å². The number of benzene rings is 2. The summed E-state index contributed by atoms with van der Waals surface area (Å²) < 4.78 is 12.1. The maximum absolute atomic E-state index is 12.7. The minimum Gasteiger partial charge on any atom is -0.497 e. The smallest absolute Gasteiger partial charge is 0.272 e. The van der Waals surface area contributed by atoms with Gasteiger partial charge in [-0.1, -0.05) is 0 Å². The lowest BCUT2D eigenvalue weighted by molar-refractivity contribution is -0.116. The minimum absolute atomic E-state index is 0.144. The number of fused-ring (bicyclic) bond motifs is 1. The molecule has 0 aliphatic rings. The van der Waals surface area contributed by atoms with Crippen molar-refractivity contribution in [2.24, 2.45) is 0 Å². The number of rotatable bonds is 6. The van der Waals surface area contributed by atoms with Crippen molar-refractivity contribution in [1.82, 2.24) is 9.55 Å². The zero-order valence-electron chi connectivity index (χ0n) is 17.3. The van der Waals surface area contributed by atoms with E-state index >= 15 is 0 Å². The Morgan fingerprint density at radius 3 is 2.24 bits per heavy atom. The molecule has 2 aromatic carbocycles. The van der Waals surface area contributed by atoms with E-state index in [9.17, 15) is 9.59 Å². The summed E-state index contributed by atoms with van der Waals surface area (Å²) in [5, 5.41) is 2.83. The molecule has 29 heavy (non-hydrogen) atoms. The number of aromatic nitrogens is 2. The predicted molar refractivity (Wildman–Crippen MR) is 113 cm³/mol.